The van der Waals surface area contributed by atoms with Crippen LogP contribution in [0.3, 0.4) is 0 Å². The molecule has 0 fully saturated rings. The van der Waals surface area contributed by atoms with Crippen LogP contribution in [0.2, 0.25) is 5.02 Å². The van der Waals surface area contributed by atoms with Crippen LogP contribution in [0, 0.1) is 18.3 Å². The minimum atomic E-state index is -2.90. The largest absolute Gasteiger partial charge is 0.435 e. The van der Waals surface area contributed by atoms with E-state index in [1.807, 2.05) is 0 Å². The number of ether oxygens (including phenoxy) is 1. The molecule has 1 aromatic carbocycles. The maximum Gasteiger partial charge on any atom is 0.387 e. The summed E-state index contributed by atoms with van der Waals surface area (Å²) >= 11 is 5.67. The van der Waals surface area contributed by atoms with Crippen molar-refractivity contribution in [3.63, 3.8) is 0 Å². The van der Waals surface area contributed by atoms with Gasteiger partial charge in [-0.25, -0.2) is 0 Å². The van der Waals surface area contributed by atoms with Crippen molar-refractivity contribution in [2.75, 3.05) is 0 Å². The molecule has 0 aliphatic rings. The number of alkyl halides is 2. The van der Waals surface area contributed by atoms with Crippen LogP contribution in [0.25, 0.3) is 0 Å². The summed E-state index contributed by atoms with van der Waals surface area (Å²) in [5, 5.41) is 8.82. The number of benzene rings is 1. The van der Waals surface area contributed by atoms with Crippen LogP contribution in [0.5, 0.6) is 5.75 Å². The maximum absolute atomic E-state index is 11.9. The van der Waals surface area contributed by atoms with E-state index in [4.69, 9.17) is 16.9 Å². The van der Waals surface area contributed by atoms with E-state index in [2.05, 4.69) is 4.74 Å². The third-order valence-electron chi connectivity index (χ3n) is 1.60. The molecule has 14 heavy (non-hydrogen) atoms. The van der Waals surface area contributed by atoms with Crippen molar-refractivity contribution in [3.05, 3.63) is 28.3 Å². The average Bonchev–Trinajstić information content (AvgIpc) is 2.09. The van der Waals surface area contributed by atoms with Crippen LogP contribution in [0.4, 0.5) is 8.78 Å². The van der Waals surface area contributed by atoms with Gasteiger partial charge < -0.3 is 4.74 Å². The van der Waals surface area contributed by atoms with Crippen molar-refractivity contribution < 1.29 is 13.5 Å². The van der Waals surface area contributed by atoms with Gasteiger partial charge in [-0.1, -0.05) is 11.6 Å². The molecule has 1 aromatic rings. The number of nitrogens with zero attached hydrogens (tertiary/aromatic N) is 1. The Morgan fingerprint density at radius 3 is 2.64 bits per heavy atom. The molecule has 1 rings (SSSR count). The fourth-order valence-corrected chi connectivity index (χ4v) is 1.22. The molecule has 0 spiro atoms. The van der Waals surface area contributed by atoms with Crippen molar-refractivity contribution in [1.29, 1.82) is 5.26 Å². The molecule has 0 N–H and O–H groups in total. The number of aryl methyl sites for hydroxylation is 1. The van der Waals surface area contributed by atoms with E-state index in [1.165, 1.54) is 12.1 Å². The highest BCUT2D eigenvalue weighted by Gasteiger charge is 2.10. The molecular weight excluding hydrogens is 212 g/mol. The minimum Gasteiger partial charge on any atom is -0.435 e. The first kappa shape index (κ1) is 10.7. The molecule has 0 radical (unpaired) electrons. The standard InChI is InChI=1S/C9H6ClF2NO/c1-5-2-7(10)6(4-13)3-8(5)14-9(11)12/h2-3,9H,1H3. The van der Waals surface area contributed by atoms with Gasteiger partial charge in [-0.05, 0) is 24.6 Å². The van der Waals surface area contributed by atoms with Crippen LogP contribution in [0.1, 0.15) is 11.1 Å². The van der Waals surface area contributed by atoms with Crippen LogP contribution < -0.4 is 4.74 Å². The molecule has 0 heterocycles. The summed E-state index contributed by atoms with van der Waals surface area (Å²) in [6, 6.07) is 4.39. The van der Waals surface area contributed by atoms with Gasteiger partial charge in [0.1, 0.15) is 11.8 Å². The fourth-order valence-electron chi connectivity index (χ4n) is 0.961. The zero-order valence-corrected chi connectivity index (χ0v) is 7.98. The van der Waals surface area contributed by atoms with E-state index in [0.29, 0.717) is 5.56 Å². The summed E-state index contributed by atoms with van der Waals surface area (Å²) in [5.74, 6) is -0.0269. The molecule has 2 nitrogen and oxygen atoms in total. The summed E-state index contributed by atoms with van der Waals surface area (Å²) in [6.07, 6.45) is 0. The van der Waals surface area contributed by atoms with Gasteiger partial charge >= 0.3 is 6.61 Å². The van der Waals surface area contributed by atoms with Gasteiger partial charge in [-0.15, -0.1) is 0 Å². The molecule has 0 saturated carbocycles. The average molecular weight is 218 g/mol. The quantitative estimate of drug-likeness (QED) is 0.763. The van der Waals surface area contributed by atoms with Crippen LogP contribution in [-0.2, 0) is 0 Å². The summed E-state index contributed by atoms with van der Waals surface area (Å²) in [5.41, 5.74) is 0.585. The van der Waals surface area contributed by atoms with Crippen molar-refractivity contribution in [2.45, 2.75) is 13.5 Å². The highest BCUT2D eigenvalue weighted by atomic mass is 35.5. The van der Waals surface area contributed by atoms with Gasteiger partial charge in [0.25, 0.3) is 0 Å². The molecule has 0 aromatic heterocycles. The third kappa shape index (κ3) is 2.33. The zero-order valence-electron chi connectivity index (χ0n) is 7.22. The second-order valence-corrected chi connectivity index (χ2v) is 3.00. The number of rotatable bonds is 2. The lowest BCUT2D eigenvalue weighted by Crippen LogP contribution is -2.03. The summed E-state index contributed by atoms with van der Waals surface area (Å²) in [4.78, 5) is 0. The minimum absolute atomic E-state index is 0.0269. The van der Waals surface area contributed by atoms with Gasteiger partial charge in [0.05, 0.1) is 10.6 Å². The highest BCUT2D eigenvalue weighted by Crippen LogP contribution is 2.27. The normalized spacial score (nSPS) is 10.0. The number of nitriles is 1. The molecule has 0 aliphatic heterocycles. The van der Waals surface area contributed by atoms with Gasteiger partial charge in [-0.3, -0.25) is 0 Å². The molecule has 5 heteroatoms. The number of hydrogen-bond acceptors (Lipinski definition) is 2. The van der Waals surface area contributed by atoms with Gasteiger partial charge in [0.2, 0.25) is 0 Å². The lowest BCUT2D eigenvalue weighted by atomic mass is 10.1. The number of hydrogen-bond donors (Lipinski definition) is 0. The van der Waals surface area contributed by atoms with Gasteiger partial charge in [-0.2, -0.15) is 14.0 Å². The fraction of sp³-hybridized carbons (Fsp3) is 0.222. The molecule has 0 bridgehead atoms. The van der Waals surface area contributed by atoms with Crippen molar-refractivity contribution in [1.82, 2.24) is 0 Å². The molecular formula is C9H6ClF2NO. The summed E-state index contributed by atoms with van der Waals surface area (Å²) in [6.45, 7) is -1.33. The summed E-state index contributed by atoms with van der Waals surface area (Å²) < 4.78 is 28.0. The lowest BCUT2D eigenvalue weighted by molar-refractivity contribution is -0.0503. The Labute approximate surface area is 84.7 Å². The number of halogens is 3. The van der Waals surface area contributed by atoms with E-state index in [1.54, 1.807) is 13.0 Å². The Morgan fingerprint density at radius 1 is 1.50 bits per heavy atom. The predicted octanol–water partition coefficient (Wildman–Crippen LogP) is 3.12. The van der Waals surface area contributed by atoms with E-state index in [9.17, 15) is 8.78 Å². The first-order valence-electron chi connectivity index (χ1n) is 3.69. The van der Waals surface area contributed by atoms with E-state index in [0.717, 1.165) is 0 Å². The Bertz CT molecular complexity index is 387. The topological polar surface area (TPSA) is 33.0 Å². The molecule has 0 aliphatic carbocycles. The van der Waals surface area contributed by atoms with Crippen LogP contribution in [0.15, 0.2) is 12.1 Å². The highest BCUT2D eigenvalue weighted by molar-refractivity contribution is 6.31. The second-order valence-electron chi connectivity index (χ2n) is 2.59. The van der Waals surface area contributed by atoms with Crippen LogP contribution >= 0.6 is 11.6 Å². The zero-order chi connectivity index (χ0) is 10.7. The Morgan fingerprint density at radius 2 is 2.14 bits per heavy atom. The Hall–Kier alpha value is -1.34. The van der Waals surface area contributed by atoms with Crippen molar-refractivity contribution in [3.8, 4) is 11.8 Å². The predicted molar refractivity (Wildman–Crippen MR) is 47.5 cm³/mol. The molecule has 0 atom stereocenters. The summed E-state index contributed by atoms with van der Waals surface area (Å²) in [7, 11) is 0. The van der Waals surface area contributed by atoms with Crippen molar-refractivity contribution in [2.24, 2.45) is 0 Å². The molecule has 0 amide bonds. The Kier molecular flexibility index (Phi) is 3.26. The first-order chi connectivity index (χ1) is 6.54. The molecule has 0 saturated heterocycles. The maximum atomic E-state index is 11.9. The smallest absolute Gasteiger partial charge is 0.387 e. The van der Waals surface area contributed by atoms with E-state index < -0.39 is 6.61 Å². The first-order valence-corrected chi connectivity index (χ1v) is 4.07. The molecule has 74 valence electrons. The van der Waals surface area contributed by atoms with E-state index >= 15 is 0 Å². The lowest BCUT2D eigenvalue weighted by Gasteiger charge is -2.08. The third-order valence-corrected chi connectivity index (χ3v) is 1.91. The SMILES string of the molecule is Cc1cc(Cl)c(C#N)cc1OC(F)F. The second kappa shape index (κ2) is 4.25. The van der Waals surface area contributed by atoms with Gasteiger partial charge in [0, 0.05) is 0 Å². The molecule has 0 unspecified atom stereocenters. The van der Waals surface area contributed by atoms with Crippen LogP contribution in [-0.4, -0.2) is 6.61 Å². The Balaban J connectivity index is 3.12. The van der Waals surface area contributed by atoms with Gasteiger partial charge in [0.15, 0.2) is 0 Å². The van der Waals surface area contributed by atoms with Crippen molar-refractivity contribution >= 4 is 11.6 Å². The monoisotopic (exact) mass is 217 g/mol. The van der Waals surface area contributed by atoms with E-state index in [-0.39, 0.29) is 16.3 Å².